The monoisotopic (exact) mass is 313 g/mol. The van der Waals surface area contributed by atoms with E-state index in [1.807, 2.05) is 44.2 Å². The van der Waals surface area contributed by atoms with Crippen LogP contribution in [0.5, 0.6) is 0 Å². The van der Waals surface area contributed by atoms with Crippen molar-refractivity contribution >= 4 is 17.3 Å². The molecule has 2 aromatic carbocycles. The van der Waals surface area contributed by atoms with Gasteiger partial charge in [-0.3, -0.25) is 4.79 Å². The van der Waals surface area contributed by atoms with E-state index in [4.69, 9.17) is 0 Å². The number of anilines is 1. The average Bonchev–Trinajstić information content (AvgIpc) is 2.55. The van der Waals surface area contributed by atoms with E-state index in [0.717, 1.165) is 11.3 Å². The molecule has 1 amide bonds. The number of amides is 1. The average molecular weight is 313 g/mol. The summed E-state index contributed by atoms with van der Waals surface area (Å²) in [6.07, 6.45) is 0. The predicted octanol–water partition coefficient (Wildman–Crippen LogP) is 3.41. The third-order valence-corrected chi connectivity index (χ3v) is 3.21. The topological polar surface area (TPSA) is 53.5 Å². The van der Waals surface area contributed by atoms with Gasteiger partial charge in [-0.05, 0) is 35.7 Å². The number of hydrazone groups is 1. The van der Waals surface area contributed by atoms with Gasteiger partial charge in [0.1, 0.15) is 5.82 Å². The Balaban J connectivity index is 1.94. The largest absolute Gasteiger partial charge is 0.376 e. The van der Waals surface area contributed by atoms with Gasteiger partial charge in [0.2, 0.25) is 0 Å². The van der Waals surface area contributed by atoms with Crippen molar-refractivity contribution in [1.82, 2.24) is 5.43 Å². The van der Waals surface area contributed by atoms with Gasteiger partial charge >= 0.3 is 0 Å². The van der Waals surface area contributed by atoms with Gasteiger partial charge < -0.3 is 5.32 Å². The molecule has 0 atom stereocenters. The SMILES string of the molecule is CC(C)/C(=N/NC(=O)CNc1ccc(F)cc1)c1ccccc1. The summed E-state index contributed by atoms with van der Waals surface area (Å²) >= 11 is 0. The van der Waals surface area contributed by atoms with Crippen LogP contribution in [0.1, 0.15) is 19.4 Å². The van der Waals surface area contributed by atoms with Crippen LogP contribution in [0.4, 0.5) is 10.1 Å². The molecule has 5 heteroatoms. The zero-order valence-corrected chi connectivity index (χ0v) is 13.2. The van der Waals surface area contributed by atoms with Gasteiger partial charge in [-0.2, -0.15) is 5.10 Å². The van der Waals surface area contributed by atoms with Crippen molar-refractivity contribution in [3.05, 3.63) is 66.0 Å². The first-order valence-corrected chi connectivity index (χ1v) is 7.47. The van der Waals surface area contributed by atoms with E-state index in [1.165, 1.54) is 12.1 Å². The van der Waals surface area contributed by atoms with Crippen LogP contribution in [0.2, 0.25) is 0 Å². The van der Waals surface area contributed by atoms with Crippen molar-refractivity contribution in [3.63, 3.8) is 0 Å². The number of nitrogens with one attached hydrogen (secondary N) is 2. The fourth-order valence-corrected chi connectivity index (χ4v) is 2.05. The molecule has 0 spiro atoms. The zero-order chi connectivity index (χ0) is 16.7. The number of carbonyl (C=O) groups excluding carboxylic acids is 1. The van der Waals surface area contributed by atoms with E-state index < -0.39 is 0 Å². The van der Waals surface area contributed by atoms with Crippen molar-refractivity contribution < 1.29 is 9.18 Å². The summed E-state index contributed by atoms with van der Waals surface area (Å²) < 4.78 is 12.8. The van der Waals surface area contributed by atoms with Crippen molar-refractivity contribution in [2.45, 2.75) is 13.8 Å². The Labute approximate surface area is 135 Å². The number of hydrogen-bond acceptors (Lipinski definition) is 3. The van der Waals surface area contributed by atoms with E-state index >= 15 is 0 Å². The summed E-state index contributed by atoms with van der Waals surface area (Å²) in [4.78, 5) is 11.9. The third-order valence-electron chi connectivity index (χ3n) is 3.21. The molecule has 0 fully saturated rings. The summed E-state index contributed by atoms with van der Waals surface area (Å²) in [5, 5.41) is 7.15. The second-order valence-electron chi connectivity index (χ2n) is 5.41. The van der Waals surface area contributed by atoms with Crippen LogP contribution in [-0.4, -0.2) is 18.2 Å². The number of carbonyl (C=O) groups is 1. The summed E-state index contributed by atoms with van der Waals surface area (Å²) in [6.45, 7) is 4.11. The first-order chi connectivity index (χ1) is 11.1. The molecule has 2 aromatic rings. The number of nitrogens with zero attached hydrogens (tertiary/aromatic N) is 1. The van der Waals surface area contributed by atoms with Crippen LogP contribution in [0.25, 0.3) is 0 Å². The fraction of sp³-hybridized carbons (Fsp3) is 0.222. The lowest BCUT2D eigenvalue weighted by Gasteiger charge is -2.11. The molecule has 0 radical (unpaired) electrons. The van der Waals surface area contributed by atoms with Gasteiger partial charge in [-0.1, -0.05) is 44.2 Å². The molecular formula is C18H20FN3O. The smallest absolute Gasteiger partial charge is 0.259 e. The first kappa shape index (κ1) is 16.7. The van der Waals surface area contributed by atoms with Gasteiger partial charge in [0.15, 0.2) is 0 Å². The lowest BCUT2D eigenvalue weighted by Crippen LogP contribution is -2.28. The minimum Gasteiger partial charge on any atom is -0.376 e. The third kappa shape index (κ3) is 5.21. The minimum absolute atomic E-state index is 0.0648. The normalized spacial score (nSPS) is 11.4. The maximum absolute atomic E-state index is 12.8. The van der Waals surface area contributed by atoms with Gasteiger partial charge in [0, 0.05) is 5.69 Å². The standard InChI is InChI=1S/C18H20FN3O/c1-13(2)18(14-6-4-3-5-7-14)22-21-17(23)12-20-16-10-8-15(19)9-11-16/h3-11,13,20H,12H2,1-2H3,(H,21,23)/b22-18-. The Bertz CT molecular complexity index is 666. The molecule has 2 N–H and O–H groups in total. The van der Waals surface area contributed by atoms with E-state index in [1.54, 1.807) is 12.1 Å². The van der Waals surface area contributed by atoms with Crippen LogP contribution >= 0.6 is 0 Å². The van der Waals surface area contributed by atoms with Crippen molar-refractivity contribution in [2.24, 2.45) is 11.0 Å². The number of halogens is 1. The number of hydrogen-bond donors (Lipinski definition) is 2. The lowest BCUT2D eigenvalue weighted by atomic mass is 10.0. The van der Waals surface area contributed by atoms with Gasteiger partial charge in [0.05, 0.1) is 12.3 Å². The molecule has 0 aliphatic heterocycles. The maximum Gasteiger partial charge on any atom is 0.259 e. The Morgan fingerprint density at radius 3 is 2.35 bits per heavy atom. The van der Waals surface area contributed by atoms with Crippen LogP contribution < -0.4 is 10.7 Å². The minimum atomic E-state index is -0.311. The lowest BCUT2D eigenvalue weighted by molar-refractivity contribution is -0.119. The summed E-state index contributed by atoms with van der Waals surface area (Å²) in [7, 11) is 0. The second-order valence-corrected chi connectivity index (χ2v) is 5.41. The molecule has 0 saturated heterocycles. The Hall–Kier alpha value is -2.69. The Morgan fingerprint density at radius 2 is 1.74 bits per heavy atom. The van der Waals surface area contributed by atoms with Gasteiger partial charge in [0.25, 0.3) is 5.91 Å². The number of benzene rings is 2. The number of rotatable bonds is 6. The molecule has 0 unspecified atom stereocenters. The molecule has 0 saturated carbocycles. The van der Waals surface area contributed by atoms with Crippen LogP contribution in [-0.2, 0) is 4.79 Å². The van der Waals surface area contributed by atoms with E-state index in [0.29, 0.717) is 5.69 Å². The molecule has 4 nitrogen and oxygen atoms in total. The molecule has 0 aromatic heterocycles. The van der Waals surface area contributed by atoms with E-state index in [9.17, 15) is 9.18 Å². The predicted molar refractivity (Wildman–Crippen MR) is 90.8 cm³/mol. The highest BCUT2D eigenvalue weighted by atomic mass is 19.1. The quantitative estimate of drug-likeness (QED) is 0.634. The summed E-state index contributed by atoms with van der Waals surface area (Å²) in [5.74, 6) is -0.389. The molecule has 0 aliphatic rings. The zero-order valence-electron chi connectivity index (χ0n) is 13.2. The van der Waals surface area contributed by atoms with Crippen molar-refractivity contribution in [3.8, 4) is 0 Å². The maximum atomic E-state index is 12.8. The van der Waals surface area contributed by atoms with Gasteiger partial charge in [-0.25, -0.2) is 9.82 Å². The second kappa shape index (κ2) is 8.08. The first-order valence-electron chi connectivity index (χ1n) is 7.47. The molecule has 23 heavy (non-hydrogen) atoms. The van der Waals surface area contributed by atoms with E-state index in [-0.39, 0.29) is 24.2 Å². The van der Waals surface area contributed by atoms with Crippen LogP contribution in [0.15, 0.2) is 59.7 Å². The van der Waals surface area contributed by atoms with Crippen LogP contribution in [0.3, 0.4) is 0 Å². The molecule has 0 aliphatic carbocycles. The highest BCUT2D eigenvalue weighted by Crippen LogP contribution is 2.09. The molecular weight excluding hydrogens is 293 g/mol. The molecule has 120 valence electrons. The Kier molecular flexibility index (Phi) is 5.86. The van der Waals surface area contributed by atoms with Gasteiger partial charge in [-0.15, -0.1) is 0 Å². The fourth-order valence-electron chi connectivity index (χ4n) is 2.05. The molecule has 0 heterocycles. The summed E-state index contributed by atoms with van der Waals surface area (Å²) in [6, 6.07) is 15.6. The highest BCUT2D eigenvalue weighted by molar-refractivity contribution is 6.02. The molecule has 0 bridgehead atoms. The van der Waals surface area contributed by atoms with Crippen molar-refractivity contribution in [2.75, 3.05) is 11.9 Å². The van der Waals surface area contributed by atoms with Crippen LogP contribution in [0, 0.1) is 11.7 Å². The molecule has 2 rings (SSSR count). The van der Waals surface area contributed by atoms with Crippen molar-refractivity contribution in [1.29, 1.82) is 0 Å². The van der Waals surface area contributed by atoms with E-state index in [2.05, 4.69) is 15.8 Å². The highest BCUT2D eigenvalue weighted by Gasteiger charge is 2.09. The summed E-state index contributed by atoms with van der Waals surface area (Å²) in [5.41, 5.74) is 5.04. The Morgan fingerprint density at radius 1 is 1.09 bits per heavy atom.